The van der Waals surface area contributed by atoms with Crippen molar-refractivity contribution in [1.82, 2.24) is 15.5 Å². The average molecular weight is 444 g/mol. The van der Waals surface area contributed by atoms with Gasteiger partial charge in [-0.1, -0.05) is 31.2 Å². The highest BCUT2D eigenvalue weighted by Crippen LogP contribution is 2.32. The molecule has 0 saturated carbocycles. The molecule has 0 radical (unpaired) electrons. The van der Waals surface area contributed by atoms with E-state index >= 15 is 0 Å². The molecule has 0 bridgehead atoms. The number of rotatable bonds is 7. The Balaban J connectivity index is 0.00000272. The Morgan fingerprint density at radius 1 is 1.13 bits per heavy atom. The first-order chi connectivity index (χ1) is 14.5. The predicted octanol–water partition coefficient (Wildman–Crippen LogP) is 2.13. The number of ether oxygens (including phenoxy) is 1. The number of benzene rings is 1. The first-order valence-corrected chi connectivity index (χ1v) is 10.2. The molecule has 1 aromatic carbocycles. The van der Waals surface area contributed by atoms with Crippen molar-refractivity contribution in [1.29, 1.82) is 0 Å². The Hall–Kier alpha value is -2.90. The zero-order chi connectivity index (χ0) is 21.1. The van der Waals surface area contributed by atoms with Crippen LogP contribution in [0, 0.1) is 0 Å². The number of hydrogen-bond donors (Lipinski definition) is 2. The van der Waals surface area contributed by atoms with E-state index < -0.39 is 6.04 Å². The van der Waals surface area contributed by atoms with Crippen LogP contribution in [0.15, 0.2) is 59.5 Å². The summed E-state index contributed by atoms with van der Waals surface area (Å²) in [7, 11) is 0. The number of carbonyl (C=O) groups is 3. The van der Waals surface area contributed by atoms with Gasteiger partial charge in [0, 0.05) is 31.3 Å². The molecule has 2 amide bonds. The highest BCUT2D eigenvalue weighted by atomic mass is 35.5. The molecule has 2 N–H and O–H groups in total. The molecular formula is C23H26ClN3O4. The van der Waals surface area contributed by atoms with Crippen molar-refractivity contribution in [2.75, 3.05) is 13.1 Å². The fourth-order valence-corrected chi connectivity index (χ4v) is 3.85. The first-order valence-electron chi connectivity index (χ1n) is 10.2. The summed E-state index contributed by atoms with van der Waals surface area (Å²) in [6.07, 6.45) is 5.91. The van der Waals surface area contributed by atoms with Crippen LogP contribution < -0.4 is 10.6 Å². The van der Waals surface area contributed by atoms with E-state index in [1.54, 1.807) is 6.08 Å². The first kappa shape index (κ1) is 22.8. The molecule has 164 valence electrons. The minimum absolute atomic E-state index is 0. The number of imide groups is 1. The molecule has 1 aromatic rings. The second kappa shape index (κ2) is 9.94. The Morgan fingerprint density at radius 3 is 2.58 bits per heavy atom. The molecule has 1 aliphatic carbocycles. The quantitative estimate of drug-likeness (QED) is 0.628. The number of ketones is 1. The molecule has 0 spiro atoms. The fourth-order valence-electron chi connectivity index (χ4n) is 3.85. The molecule has 1 unspecified atom stereocenters. The molecule has 4 rings (SSSR count). The van der Waals surface area contributed by atoms with Crippen LogP contribution in [-0.4, -0.2) is 41.6 Å². The summed E-state index contributed by atoms with van der Waals surface area (Å²) in [5, 5.41) is 5.67. The maximum Gasteiger partial charge on any atom is 0.249 e. The number of halogens is 1. The molecule has 3 aliphatic rings. The van der Waals surface area contributed by atoms with Crippen molar-refractivity contribution >= 4 is 30.0 Å². The Kier molecular flexibility index (Phi) is 7.30. The highest BCUT2D eigenvalue weighted by Gasteiger charge is 2.36. The Bertz CT molecular complexity index is 966. The van der Waals surface area contributed by atoms with Gasteiger partial charge >= 0.3 is 0 Å². The van der Waals surface area contributed by atoms with Crippen molar-refractivity contribution in [2.45, 2.75) is 39.0 Å². The fraction of sp³-hybridized carbons (Fsp3) is 0.348. The van der Waals surface area contributed by atoms with Gasteiger partial charge in [-0.2, -0.15) is 0 Å². The smallest absolute Gasteiger partial charge is 0.249 e. The number of nitrogens with zero attached hydrogens (tertiary/aromatic N) is 1. The number of allylic oxidation sites excluding steroid dienone is 2. The van der Waals surface area contributed by atoms with Crippen LogP contribution in [0.2, 0.25) is 0 Å². The minimum atomic E-state index is -0.415. The van der Waals surface area contributed by atoms with Crippen molar-refractivity contribution < 1.29 is 19.1 Å². The SMILES string of the molecule is CCNCc1ccc(COC2=C3CN(C4CCC(=O)NC4=O)C=C3C=CC2=O)cc1.Cl. The molecule has 1 fully saturated rings. The second-order valence-electron chi connectivity index (χ2n) is 7.61. The topological polar surface area (TPSA) is 87.7 Å². The number of nitrogens with one attached hydrogen (secondary N) is 2. The predicted molar refractivity (Wildman–Crippen MR) is 118 cm³/mol. The largest absolute Gasteiger partial charge is 0.484 e. The summed E-state index contributed by atoms with van der Waals surface area (Å²) in [5.74, 6) is -0.376. The van der Waals surface area contributed by atoms with E-state index in [0.717, 1.165) is 29.8 Å². The van der Waals surface area contributed by atoms with Crippen LogP contribution in [-0.2, 0) is 32.3 Å². The lowest BCUT2D eigenvalue weighted by molar-refractivity contribution is -0.136. The van der Waals surface area contributed by atoms with E-state index in [4.69, 9.17) is 4.74 Å². The van der Waals surface area contributed by atoms with Gasteiger partial charge in [0.2, 0.25) is 17.6 Å². The monoisotopic (exact) mass is 443 g/mol. The zero-order valence-corrected chi connectivity index (χ0v) is 18.2. The molecule has 1 atom stereocenters. The molecule has 1 saturated heterocycles. The summed E-state index contributed by atoms with van der Waals surface area (Å²) >= 11 is 0. The summed E-state index contributed by atoms with van der Waals surface area (Å²) in [5.41, 5.74) is 3.84. The zero-order valence-electron chi connectivity index (χ0n) is 17.3. The van der Waals surface area contributed by atoms with E-state index in [0.29, 0.717) is 31.8 Å². The third-order valence-electron chi connectivity index (χ3n) is 5.50. The Morgan fingerprint density at radius 2 is 1.87 bits per heavy atom. The standard InChI is InChI=1S/C23H25N3O4.ClH/c1-2-24-11-15-3-5-16(6-4-15)14-30-22-18-13-26(12-17(18)7-9-20(22)27)19-8-10-21(28)25-23(19)29;/h3-7,9,12,19,24H,2,8,10-11,13-14H2,1H3,(H,25,28,29);1H. The van der Waals surface area contributed by atoms with Crippen molar-refractivity contribution in [2.24, 2.45) is 0 Å². The van der Waals surface area contributed by atoms with Gasteiger partial charge in [0.05, 0.1) is 0 Å². The van der Waals surface area contributed by atoms with Crippen LogP contribution >= 0.6 is 12.4 Å². The van der Waals surface area contributed by atoms with Crippen LogP contribution in [0.1, 0.15) is 30.9 Å². The molecule has 8 heteroatoms. The van der Waals surface area contributed by atoms with Crippen LogP contribution in [0.4, 0.5) is 0 Å². The van der Waals surface area contributed by atoms with E-state index in [9.17, 15) is 14.4 Å². The van der Waals surface area contributed by atoms with Gasteiger partial charge in [-0.15, -0.1) is 12.4 Å². The molecule has 7 nitrogen and oxygen atoms in total. The summed E-state index contributed by atoms with van der Waals surface area (Å²) < 4.78 is 5.94. The highest BCUT2D eigenvalue weighted by molar-refractivity contribution is 6.06. The number of piperidine rings is 1. The van der Waals surface area contributed by atoms with E-state index in [2.05, 4.69) is 17.6 Å². The van der Waals surface area contributed by atoms with Gasteiger partial charge in [0.1, 0.15) is 12.6 Å². The second-order valence-corrected chi connectivity index (χ2v) is 7.61. The van der Waals surface area contributed by atoms with Crippen LogP contribution in [0.25, 0.3) is 0 Å². The van der Waals surface area contributed by atoms with Crippen LogP contribution in [0.5, 0.6) is 0 Å². The van der Waals surface area contributed by atoms with Gasteiger partial charge in [-0.25, -0.2) is 0 Å². The van der Waals surface area contributed by atoms with E-state index in [-0.39, 0.29) is 30.0 Å². The van der Waals surface area contributed by atoms with E-state index in [1.807, 2.05) is 35.4 Å². The molecule has 2 aliphatic heterocycles. The van der Waals surface area contributed by atoms with Gasteiger partial charge in [0.25, 0.3) is 0 Å². The average Bonchev–Trinajstić information content (AvgIpc) is 3.16. The summed E-state index contributed by atoms with van der Waals surface area (Å²) in [4.78, 5) is 38.0. The van der Waals surface area contributed by atoms with Crippen molar-refractivity contribution in [3.63, 3.8) is 0 Å². The van der Waals surface area contributed by atoms with Gasteiger partial charge in [-0.05, 0) is 41.8 Å². The lowest BCUT2D eigenvalue weighted by Gasteiger charge is -2.29. The van der Waals surface area contributed by atoms with Gasteiger partial charge < -0.3 is 15.0 Å². The third-order valence-corrected chi connectivity index (χ3v) is 5.50. The molecule has 2 heterocycles. The van der Waals surface area contributed by atoms with Crippen LogP contribution in [0.3, 0.4) is 0 Å². The van der Waals surface area contributed by atoms with Crippen molar-refractivity contribution in [3.05, 3.63) is 70.6 Å². The van der Waals surface area contributed by atoms with Gasteiger partial charge in [-0.3, -0.25) is 19.7 Å². The lowest BCUT2D eigenvalue weighted by Crippen LogP contribution is -2.50. The maximum atomic E-state index is 12.5. The maximum absolute atomic E-state index is 12.5. The summed E-state index contributed by atoms with van der Waals surface area (Å²) in [6, 6.07) is 7.69. The normalized spacial score (nSPS) is 20.3. The number of fused-ring (bicyclic) bond motifs is 1. The van der Waals surface area contributed by atoms with Crippen molar-refractivity contribution in [3.8, 4) is 0 Å². The van der Waals surface area contributed by atoms with E-state index in [1.165, 1.54) is 11.6 Å². The molecular weight excluding hydrogens is 418 g/mol. The number of carbonyl (C=O) groups excluding carboxylic acids is 3. The molecule has 0 aromatic heterocycles. The summed E-state index contributed by atoms with van der Waals surface area (Å²) in [6.45, 7) is 4.52. The van der Waals surface area contributed by atoms with Gasteiger partial charge in [0.15, 0.2) is 5.76 Å². The lowest BCUT2D eigenvalue weighted by atomic mass is 10.00. The molecule has 31 heavy (non-hydrogen) atoms. The Labute approximate surface area is 187 Å². The minimum Gasteiger partial charge on any atom is -0.484 e. The number of amides is 2. The third kappa shape index (κ3) is 5.06. The number of hydrogen-bond acceptors (Lipinski definition) is 6.